The Morgan fingerprint density at radius 2 is 2.16 bits per heavy atom. The van der Waals surface area contributed by atoms with Crippen LogP contribution in [-0.4, -0.2) is 34.3 Å². The Balaban J connectivity index is 1.87. The summed E-state index contributed by atoms with van der Waals surface area (Å²) in [6, 6.07) is 4.69. The number of hydrogen-bond donors (Lipinski definition) is 2. The zero-order valence-corrected chi connectivity index (χ0v) is 14.7. The fraction of sp³-hybridized carbons (Fsp3) is 0.500. The van der Waals surface area contributed by atoms with Gasteiger partial charge in [-0.15, -0.1) is 10.2 Å². The smallest absolute Gasteiger partial charge is 0.228 e. The van der Waals surface area contributed by atoms with E-state index >= 15 is 0 Å². The van der Waals surface area contributed by atoms with Crippen LogP contribution in [0.4, 0.5) is 10.1 Å². The molecule has 0 fully saturated rings. The van der Waals surface area contributed by atoms with Crippen molar-refractivity contribution in [3.05, 3.63) is 29.8 Å². The van der Waals surface area contributed by atoms with Gasteiger partial charge in [0.05, 0.1) is 5.69 Å². The van der Waals surface area contributed by atoms with E-state index in [9.17, 15) is 9.18 Å². The zero-order valence-electron chi connectivity index (χ0n) is 14.7. The van der Waals surface area contributed by atoms with Crippen LogP contribution in [0.2, 0.25) is 0 Å². The highest BCUT2D eigenvalue weighted by molar-refractivity contribution is 5.93. The summed E-state index contributed by atoms with van der Waals surface area (Å²) in [4.78, 5) is 12.2. The molecule has 1 aromatic carbocycles. The van der Waals surface area contributed by atoms with Crippen LogP contribution in [-0.2, 0) is 17.8 Å². The summed E-state index contributed by atoms with van der Waals surface area (Å²) >= 11 is 0. The van der Waals surface area contributed by atoms with Gasteiger partial charge in [-0.2, -0.15) is 0 Å². The first-order valence-corrected chi connectivity index (χ1v) is 8.77. The number of aryl methyl sites for hydroxylation is 1. The van der Waals surface area contributed by atoms with Crippen LogP contribution in [0.1, 0.15) is 32.0 Å². The average Bonchev–Trinajstić information content (AvgIpc) is 2.85. The number of benzene rings is 1. The van der Waals surface area contributed by atoms with Crippen molar-refractivity contribution in [2.75, 3.05) is 18.9 Å². The Bertz CT molecular complexity index is 758. The van der Waals surface area contributed by atoms with Crippen molar-refractivity contribution in [3.8, 4) is 11.4 Å². The number of hydrogen-bond acceptors (Lipinski definition) is 4. The van der Waals surface area contributed by atoms with Crippen molar-refractivity contribution < 1.29 is 9.18 Å². The molecule has 1 aromatic heterocycles. The molecule has 6 nitrogen and oxygen atoms in total. The normalized spacial score (nSPS) is 15.3. The van der Waals surface area contributed by atoms with E-state index in [-0.39, 0.29) is 17.5 Å². The van der Waals surface area contributed by atoms with Crippen LogP contribution in [0.5, 0.6) is 0 Å². The number of nitrogens with zero attached hydrogens (tertiary/aromatic N) is 3. The molecular formula is C18H24FN5O. The van der Waals surface area contributed by atoms with E-state index in [1.54, 1.807) is 26.1 Å². The summed E-state index contributed by atoms with van der Waals surface area (Å²) in [7, 11) is 1.78. The first-order valence-electron chi connectivity index (χ1n) is 8.77. The van der Waals surface area contributed by atoms with Crippen molar-refractivity contribution in [2.24, 2.45) is 5.92 Å². The Hall–Kier alpha value is -2.28. The third kappa shape index (κ3) is 3.87. The molecule has 1 atom stereocenters. The fourth-order valence-corrected chi connectivity index (χ4v) is 3.11. The molecule has 7 heteroatoms. The summed E-state index contributed by atoms with van der Waals surface area (Å²) in [5.41, 5.74) is 0.940. The van der Waals surface area contributed by atoms with E-state index in [0.29, 0.717) is 6.54 Å². The maximum absolute atomic E-state index is 14.2. The van der Waals surface area contributed by atoms with Gasteiger partial charge >= 0.3 is 0 Å². The van der Waals surface area contributed by atoms with Crippen molar-refractivity contribution >= 4 is 11.6 Å². The lowest BCUT2D eigenvalue weighted by Gasteiger charge is -2.13. The van der Waals surface area contributed by atoms with Crippen LogP contribution in [0.15, 0.2) is 18.2 Å². The van der Waals surface area contributed by atoms with Crippen molar-refractivity contribution in [3.63, 3.8) is 0 Å². The maximum atomic E-state index is 14.2. The third-order valence-electron chi connectivity index (χ3n) is 4.55. The number of rotatable bonds is 5. The molecule has 1 amide bonds. The standard InChI is InChI=1S/C18H24FN5O/c1-12(11-20-2)18(25)21-15-10-13(7-8-14(15)19)17-23-22-16-6-4-3-5-9-24(16)17/h7-8,10,12,20H,3-6,9,11H2,1-2H3,(H,21,25). The number of carbonyl (C=O) groups excluding carboxylic acids is 1. The van der Waals surface area contributed by atoms with E-state index in [4.69, 9.17) is 0 Å². The lowest BCUT2D eigenvalue weighted by atomic mass is 10.1. The van der Waals surface area contributed by atoms with Crippen molar-refractivity contribution in [2.45, 2.75) is 39.2 Å². The molecule has 2 N–H and O–H groups in total. The van der Waals surface area contributed by atoms with E-state index < -0.39 is 5.82 Å². The number of carbonyl (C=O) groups is 1. The SMILES string of the molecule is CNCC(C)C(=O)Nc1cc(-c2nnc3n2CCCCC3)ccc1F. The van der Waals surface area contributed by atoms with Crippen molar-refractivity contribution in [1.82, 2.24) is 20.1 Å². The monoisotopic (exact) mass is 345 g/mol. The lowest BCUT2D eigenvalue weighted by molar-refractivity contribution is -0.119. The van der Waals surface area contributed by atoms with Gasteiger partial charge in [-0.05, 0) is 38.1 Å². The van der Waals surface area contributed by atoms with Gasteiger partial charge in [-0.1, -0.05) is 13.3 Å². The molecule has 25 heavy (non-hydrogen) atoms. The summed E-state index contributed by atoms with van der Waals surface area (Å²) in [6.45, 7) is 3.20. The van der Waals surface area contributed by atoms with Gasteiger partial charge in [0.15, 0.2) is 5.82 Å². The highest BCUT2D eigenvalue weighted by Crippen LogP contribution is 2.26. The highest BCUT2D eigenvalue weighted by Gasteiger charge is 2.19. The highest BCUT2D eigenvalue weighted by atomic mass is 19.1. The van der Waals surface area contributed by atoms with E-state index in [0.717, 1.165) is 43.0 Å². The fourth-order valence-electron chi connectivity index (χ4n) is 3.11. The minimum atomic E-state index is -0.454. The third-order valence-corrected chi connectivity index (χ3v) is 4.55. The molecule has 0 spiro atoms. The van der Waals surface area contributed by atoms with Gasteiger partial charge in [-0.3, -0.25) is 4.79 Å². The number of aromatic nitrogens is 3. The van der Waals surface area contributed by atoms with Gasteiger partial charge in [0.1, 0.15) is 11.6 Å². The molecule has 2 aromatic rings. The van der Waals surface area contributed by atoms with Gasteiger partial charge in [0, 0.05) is 31.0 Å². The number of nitrogens with one attached hydrogen (secondary N) is 2. The van der Waals surface area contributed by atoms with Crippen LogP contribution in [0, 0.1) is 11.7 Å². The lowest BCUT2D eigenvalue weighted by Crippen LogP contribution is -2.28. The number of fused-ring (bicyclic) bond motifs is 1. The van der Waals surface area contributed by atoms with Gasteiger partial charge in [0.2, 0.25) is 5.91 Å². The van der Waals surface area contributed by atoms with Crippen LogP contribution >= 0.6 is 0 Å². The molecule has 1 unspecified atom stereocenters. The average molecular weight is 345 g/mol. The van der Waals surface area contributed by atoms with Crippen LogP contribution in [0.3, 0.4) is 0 Å². The molecule has 0 saturated carbocycles. The molecule has 0 saturated heterocycles. The summed E-state index contributed by atoms with van der Waals surface area (Å²) in [5.74, 6) is 0.785. The molecule has 3 rings (SSSR count). The topological polar surface area (TPSA) is 71.8 Å². The summed E-state index contributed by atoms with van der Waals surface area (Å²) in [5, 5.41) is 14.2. The second-order valence-corrected chi connectivity index (χ2v) is 6.54. The molecule has 1 aliphatic rings. The van der Waals surface area contributed by atoms with Crippen LogP contribution in [0.25, 0.3) is 11.4 Å². The zero-order chi connectivity index (χ0) is 17.8. The minimum absolute atomic E-state index is 0.177. The number of halogens is 1. The van der Waals surface area contributed by atoms with Crippen LogP contribution < -0.4 is 10.6 Å². The van der Waals surface area contributed by atoms with E-state index in [1.807, 2.05) is 0 Å². The molecule has 0 bridgehead atoms. The minimum Gasteiger partial charge on any atom is -0.323 e. The van der Waals surface area contributed by atoms with Crippen molar-refractivity contribution in [1.29, 1.82) is 0 Å². The van der Waals surface area contributed by atoms with Gasteiger partial charge < -0.3 is 15.2 Å². The Morgan fingerprint density at radius 3 is 2.96 bits per heavy atom. The number of anilines is 1. The first-order chi connectivity index (χ1) is 12.1. The Kier molecular flexibility index (Phi) is 5.43. The molecule has 2 heterocycles. The molecule has 0 aliphatic carbocycles. The second-order valence-electron chi connectivity index (χ2n) is 6.54. The molecule has 1 aliphatic heterocycles. The van der Waals surface area contributed by atoms with E-state index in [2.05, 4.69) is 25.4 Å². The summed E-state index contributed by atoms with van der Waals surface area (Å²) in [6.07, 6.45) is 4.30. The summed E-state index contributed by atoms with van der Waals surface area (Å²) < 4.78 is 16.3. The predicted molar refractivity (Wildman–Crippen MR) is 94.7 cm³/mol. The van der Waals surface area contributed by atoms with E-state index in [1.165, 1.54) is 12.5 Å². The second kappa shape index (κ2) is 7.74. The van der Waals surface area contributed by atoms with Gasteiger partial charge in [-0.25, -0.2) is 4.39 Å². The number of amides is 1. The molecule has 134 valence electrons. The quantitative estimate of drug-likeness (QED) is 0.874. The Labute approximate surface area is 146 Å². The molecule has 0 radical (unpaired) electrons. The predicted octanol–water partition coefficient (Wildman–Crippen LogP) is 2.60. The maximum Gasteiger partial charge on any atom is 0.228 e. The Morgan fingerprint density at radius 1 is 1.32 bits per heavy atom. The molecular weight excluding hydrogens is 321 g/mol. The van der Waals surface area contributed by atoms with Gasteiger partial charge in [0.25, 0.3) is 0 Å². The first kappa shape index (κ1) is 17.5. The largest absolute Gasteiger partial charge is 0.323 e.